The average Bonchev–Trinajstić information content (AvgIpc) is 2.64. The van der Waals surface area contributed by atoms with Crippen molar-refractivity contribution in [3.8, 4) is 0 Å². The molecular formula is C15H25N5O8S. The summed E-state index contributed by atoms with van der Waals surface area (Å²) in [5, 5.41) is 24.2. The van der Waals surface area contributed by atoms with E-state index in [0.717, 1.165) is 0 Å². The number of aliphatic carboxylic acids is 2. The van der Waals surface area contributed by atoms with Crippen molar-refractivity contribution in [3.63, 3.8) is 0 Å². The topological polar surface area (TPSA) is 231 Å². The van der Waals surface area contributed by atoms with Crippen LogP contribution in [0.15, 0.2) is 0 Å². The zero-order valence-electron chi connectivity index (χ0n) is 15.4. The molecular weight excluding hydrogens is 410 g/mol. The van der Waals surface area contributed by atoms with Crippen LogP contribution in [0.25, 0.3) is 0 Å². The van der Waals surface area contributed by atoms with E-state index in [9.17, 15) is 28.8 Å². The van der Waals surface area contributed by atoms with E-state index in [2.05, 4.69) is 28.6 Å². The van der Waals surface area contributed by atoms with Crippen LogP contribution in [0.3, 0.4) is 0 Å². The molecule has 0 bridgehead atoms. The predicted octanol–water partition coefficient (Wildman–Crippen LogP) is -3.46. The van der Waals surface area contributed by atoms with E-state index >= 15 is 0 Å². The molecule has 0 rings (SSSR count). The smallest absolute Gasteiger partial charge is 0.326 e. The zero-order chi connectivity index (χ0) is 22.6. The Morgan fingerprint density at radius 2 is 1.52 bits per heavy atom. The van der Waals surface area contributed by atoms with Crippen LogP contribution in [-0.4, -0.2) is 76.2 Å². The Hall–Kier alpha value is -2.87. The molecule has 0 saturated heterocycles. The lowest BCUT2D eigenvalue weighted by molar-refractivity contribution is -0.142. The Kier molecular flexibility index (Phi) is 12.0. The summed E-state index contributed by atoms with van der Waals surface area (Å²) in [6.45, 7) is -0.593. The van der Waals surface area contributed by atoms with Crippen molar-refractivity contribution in [2.45, 2.75) is 43.8 Å². The molecule has 0 heterocycles. The van der Waals surface area contributed by atoms with Crippen LogP contribution in [0, 0.1) is 0 Å². The zero-order valence-corrected chi connectivity index (χ0v) is 16.3. The van der Waals surface area contributed by atoms with Crippen molar-refractivity contribution in [3.05, 3.63) is 0 Å². The van der Waals surface area contributed by atoms with Gasteiger partial charge < -0.3 is 37.6 Å². The molecule has 0 fully saturated rings. The molecule has 9 N–H and O–H groups in total. The number of hydrogen-bond acceptors (Lipinski definition) is 8. The molecule has 0 spiro atoms. The van der Waals surface area contributed by atoms with Gasteiger partial charge in [0.25, 0.3) is 0 Å². The third-order valence-corrected chi connectivity index (χ3v) is 3.92. The first-order valence-corrected chi connectivity index (χ1v) is 9.07. The van der Waals surface area contributed by atoms with E-state index in [1.807, 2.05) is 0 Å². The Morgan fingerprint density at radius 1 is 0.897 bits per heavy atom. The first-order valence-electron chi connectivity index (χ1n) is 8.44. The lowest BCUT2D eigenvalue weighted by Gasteiger charge is -2.19. The molecule has 0 saturated carbocycles. The fraction of sp³-hybridized carbons (Fsp3) is 0.600. The molecule has 14 heteroatoms. The Morgan fingerprint density at radius 3 is 2.00 bits per heavy atom. The molecule has 29 heavy (non-hydrogen) atoms. The molecule has 0 aliphatic heterocycles. The summed E-state index contributed by atoms with van der Waals surface area (Å²) in [4.78, 5) is 68.0. The monoisotopic (exact) mass is 435 g/mol. The van der Waals surface area contributed by atoms with Gasteiger partial charge in [-0.3, -0.25) is 24.0 Å². The van der Waals surface area contributed by atoms with E-state index in [0.29, 0.717) is 0 Å². The fourth-order valence-corrected chi connectivity index (χ4v) is 2.22. The summed E-state index contributed by atoms with van der Waals surface area (Å²) in [5.41, 5.74) is 10.5. The standard InChI is InChI=1S/C15H25N5O8S/c16-7(1-4-12(23)24)13(25)20-9(6-29)14(26)18-5-11(22)19-8(15(27)28)2-3-10(17)21/h7-9,29H,1-6,16H2,(H2,17,21)(H,18,26)(H,19,22)(H,20,25)(H,23,24)(H,27,28). The van der Waals surface area contributed by atoms with Crippen LogP contribution >= 0.6 is 12.6 Å². The SMILES string of the molecule is NC(=O)CCC(NC(=O)CNC(=O)C(CS)NC(=O)C(N)CCC(=O)O)C(=O)O. The Balaban J connectivity index is 4.57. The number of carbonyl (C=O) groups excluding carboxylic acids is 4. The van der Waals surface area contributed by atoms with Gasteiger partial charge in [-0.1, -0.05) is 0 Å². The van der Waals surface area contributed by atoms with Crippen LogP contribution in [0.2, 0.25) is 0 Å². The van der Waals surface area contributed by atoms with Crippen molar-refractivity contribution >= 4 is 48.2 Å². The number of nitrogens with two attached hydrogens (primary N) is 2. The van der Waals surface area contributed by atoms with Crippen LogP contribution in [0.4, 0.5) is 0 Å². The minimum Gasteiger partial charge on any atom is -0.481 e. The number of carboxylic acids is 2. The van der Waals surface area contributed by atoms with Crippen LogP contribution in [0.5, 0.6) is 0 Å². The number of hydrogen-bond donors (Lipinski definition) is 8. The van der Waals surface area contributed by atoms with E-state index in [4.69, 9.17) is 21.7 Å². The van der Waals surface area contributed by atoms with Crippen molar-refractivity contribution in [2.24, 2.45) is 11.5 Å². The highest BCUT2D eigenvalue weighted by Crippen LogP contribution is 1.98. The first-order chi connectivity index (χ1) is 13.5. The fourth-order valence-electron chi connectivity index (χ4n) is 1.96. The van der Waals surface area contributed by atoms with Gasteiger partial charge in [0, 0.05) is 18.6 Å². The van der Waals surface area contributed by atoms with Gasteiger partial charge in [-0.15, -0.1) is 0 Å². The lowest BCUT2D eigenvalue weighted by Crippen LogP contribution is -2.54. The summed E-state index contributed by atoms with van der Waals surface area (Å²) < 4.78 is 0. The van der Waals surface area contributed by atoms with E-state index in [-0.39, 0.29) is 31.4 Å². The normalized spacial score (nSPS) is 13.4. The van der Waals surface area contributed by atoms with Gasteiger partial charge >= 0.3 is 11.9 Å². The molecule has 0 radical (unpaired) electrons. The highest BCUT2D eigenvalue weighted by molar-refractivity contribution is 7.80. The third-order valence-electron chi connectivity index (χ3n) is 3.56. The highest BCUT2D eigenvalue weighted by atomic mass is 32.1. The number of thiol groups is 1. The molecule has 3 atom stereocenters. The van der Waals surface area contributed by atoms with Gasteiger partial charge in [0.05, 0.1) is 12.6 Å². The predicted molar refractivity (Wildman–Crippen MR) is 102 cm³/mol. The van der Waals surface area contributed by atoms with E-state index in [1.165, 1.54) is 0 Å². The maximum atomic E-state index is 12.1. The molecule has 164 valence electrons. The van der Waals surface area contributed by atoms with Gasteiger partial charge in [0.2, 0.25) is 23.6 Å². The largest absolute Gasteiger partial charge is 0.481 e. The molecule has 0 aromatic carbocycles. The quantitative estimate of drug-likeness (QED) is 0.127. The first kappa shape index (κ1) is 26.1. The summed E-state index contributed by atoms with van der Waals surface area (Å²) in [6.07, 6.45) is -0.924. The van der Waals surface area contributed by atoms with E-state index < -0.39 is 60.2 Å². The second-order valence-electron chi connectivity index (χ2n) is 5.96. The van der Waals surface area contributed by atoms with Crippen LogP contribution < -0.4 is 27.4 Å². The molecule has 0 aromatic heterocycles. The number of nitrogens with one attached hydrogen (secondary N) is 3. The second kappa shape index (κ2) is 13.3. The molecule has 0 aliphatic rings. The lowest BCUT2D eigenvalue weighted by atomic mass is 10.1. The molecule has 3 unspecified atom stereocenters. The minimum atomic E-state index is -1.37. The van der Waals surface area contributed by atoms with Crippen molar-refractivity contribution in [2.75, 3.05) is 12.3 Å². The molecule has 0 aliphatic carbocycles. The number of rotatable bonds is 14. The second-order valence-corrected chi connectivity index (χ2v) is 6.33. The number of carboxylic acid groups (broad SMARTS) is 2. The number of primary amides is 1. The number of amides is 4. The molecule has 0 aromatic rings. The summed E-state index contributed by atoms with van der Waals surface area (Å²) in [6, 6.07) is -3.66. The van der Waals surface area contributed by atoms with Gasteiger partial charge in [0.1, 0.15) is 12.1 Å². The van der Waals surface area contributed by atoms with E-state index in [1.54, 1.807) is 0 Å². The summed E-state index contributed by atoms with van der Waals surface area (Å²) >= 11 is 3.92. The number of carbonyl (C=O) groups is 6. The van der Waals surface area contributed by atoms with Crippen molar-refractivity contribution in [1.29, 1.82) is 0 Å². The summed E-state index contributed by atoms with van der Waals surface area (Å²) in [5.74, 6) is -5.74. The third kappa shape index (κ3) is 11.5. The maximum Gasteiger partial charge on any atom is 0.326 e. The Labute approximate surface area is 171 Å². The molecule has 13 nitrogen and oxygen atoms in total. The van der Waals surface area contributed by atoms with Gasteiger partial charge in [-0.25, -0.2) is 4.79 Å². The van der Waals surface area contributed by atoms with Gasteiger partial charge in [-0.2, -0.15) is 12.6 Å². The molecule has 4 amide bonds. The van der Waals surface area contributed by atoms with Crippen LogP contribution in [-0.2, 0) is 28.8 Å². The van der Waals surface area contributed by atoms with Gasteiger partial charge in [-0.05, 0) is 12.8 Å². The average molecular weight is 435 g/mol. The van der Waals surface area contributed by atoms with Crippen LogP contribution in [0.1, 0.15) is 25.7 Å². The maximum absolute atomic E-state index is 12.1. The van der Waals surface area contributed by atoms with Crippen molar-refractivity contribution < 1.29 is 39.0 Å². The highest BCUT2D eigenvalue weighted by Gasteiger charge is 2.24. The van der Waals surface area contributed by atoms with Crippen molar-refractivity contribution in [1.82, 2.24) is 16.0 Å². The minimum absolute atomic E-state index is 0.133. The Bertz CT molecular complexity index is 644. The van der Waals surface area contributed by atoms with Gasteiger partial charge in [0.15, 0.2) is 0 Å². The summed E-state index contributed by atoms with van der Waals surface area (Å²) in [7, 11) is 0.